The van der Waals surface area contributed by atoms with Crippen LogP contribution in [0, 0.1) is 6.92 Å². The Bertz CT molecular complexity index is 905. The van der Waals surface area contributed by atoms with Crippen molar-refractivity contribution in [2.45, 2.75) is 19.3 Å². The van der Waals surface area contributed by atoms with E-state index in [2.05, 4.69) is 5.32 Å². The minimum atomic E-state index is -0.231. The van der Waals surface area contributed by atoms with Gasteiger partial charge in [-0.1, -0.05) is 42.5 Å². The molecule has 0 bridgehead atoms. The van der Waals surface area contributed by atoms with Gasteiger partial charge in [0.2, 0.25) is 5.91 Å². The number of aromatic hydroxyl groups is 1. The second-order valence-electron chi connectivity index (χ2n) is 6.51. The summed E-state index contributed by atoms with van der Waals surface area (Å²) in [7, 11) is 1.60. The maximum atomic E-state index is 12.7. The minimum absolute atomic E-state index is 0.117. The highest BCUT2D eigenvalue weighted by molar-refractivity contribution is 5.91. The molecule has 0 radical (unpaired) electrons. The fourth-order valence-corrected chi connectivity index (χ4v) is 3.11. The summed E-state index contributed by atoms with van der Waals surface area (Å²) < 4.78 is 5.14. The van der Waals surface area contributed by atoms with Crippen molar-refractivity contribution in [3.63, 3.8) is 0 Å². The number of phenols is 1. The van der Waals surface area contributed by atoms with Gasteiger partial charge in [-0.05, 0) is 48.4 Å². The Hall–Kier alpha value is -3.27. The summed E-state index contributed by atoms with van der Waals surface area (Å²) >= 11 is 0. The van der Waals surface area contributed by atoms with Gasteiger partial charge in [0.25, 0.3) is 0 Å². The van der Waals surface area contributed by atoms with E-state index in [1.807, 2.05) is 49.4 Å². The van der Waals surface area contributed by atoms with E-state index in [-0.39, 0.29) is 24.0 Å². The van der Waals surface area contributed by atoms with Gasteiger partial charge in [0.05, 0.1) is 7.11 Å². The molecule has 0 aliphatic rings. The van der Waals surface area contributed by atoms with E-state index in [1.165, 1.54) is 0 Å². The number of phenolic OH excluding ortho intramolecular Hbond substituents is 1. The van der Waals surface area contributed by atoms with E-state index in [9.17, 15) is 9.90 Å². The zero-order valence-corrected chi connectivity index (χ0v) is 15.5. The summed E-state index contributed by atoms with van der Waals surface area (Å²) in [6, 6.07) is 22.6. The van der Waals surface area contributed by atoms with Gasteiger partial charge >= 0.3 is 0 Å². The number of aryl methyl sites for hydroxylation is 1. The number of ether oxygens (including phenoxy) is 1. The number of hydrogen-bond donors (Lipinski definition) is 2. The quantitative estimate of drug-likeness (QED) is 0.658. The summed E-state index contributed by atoms with van der Waals surface area (Å²) in [4.78, 5) is 12.7. The van der Waals surface area contributed by atoms with Crippen LogP contribution in [-0.2, 0) is 4.79 Å². The highest BCUT2D eigenvalue weighted by Gasteiger charge is 2.21. The molecule has 1 atom stereocenters. The molecule has 0 unspecified atom stereocenters. The SMILES string of the molecule is COc1ccc(NC(=O)C[C@@H](c2ccccc2)c2ccc(C)cc2O)cc1. The minimum Gasteiger partial charge on any atom is -0.508 e. The molecule has 0 heterocycles. The number of nitrogens with one attached hydrogen (secondary N) is 1. The lowest BCUT2D eigenvalue weighted by Crippen LogP contribution is -2.16. The summed E-state index contributed by atoms with van der Waals surface area (Å²) in [6.45, 7) is 1.93. The van der Waals surface area contributed by atoms with Crippen molar-refractivity contribution in [2.24, 2.45) is 0 Å². The number of benzene rings is 3. The monoisotopic (exact) mass is 361 g/mol. The molecule has 1 amide bonds. The van der Waals surface area contributed by atoms with Gasteiger partial charge in [-0.2, -0.15) is 0 Å². The molecule has 0 aliphatic heterocycles. The van der Waals surface area contributed by atoms with Gasteiger partial charge in [0.15, 0.2) is 0 Å². The largest absolute Gasteiger partial charge is 0.508 e. The van der Waals surface area contributed by atoms with Crippen molar-refractivity contribution in [2.75, 3.05) is 12.4 Å². The molecule has 27 heavy (non-hydrogen) atoms. The molecular weight excluding hydrogens is 338 g/mol. The van der Waals surface area contributed by atoms with Crippen LogP contribution in [0.4, 0.5) is 5.69 Å². The summed E-state index contributed by atoms with van der Waals surface area (Å²) in [6.07, 6.45) is 0.229. The van der Waals surface area contributed by atoms with Crippen LogP contribution < -0.4 is 10.1 Å². The normalized spacial score (nSPS) is 11.6. The molecule has 4 heteroatoms. The van der Waals surface area contributed by atoms with Gasteiger partial charge in [-0.3, -0.25) is 4.79 Å². The van der Waals surface area contributed by atoms with E-state index in [0.29, 0.717) is 5.69 Å². The molecule has 0 spiro atoms. The highest BCUT2D eigenvalue weighted by atomic mass is 16.5. The van der Waals surface area contributed by atoms with Crippen LogP contribution in [0.15, 0.2) is 72.8 Å². The average molecular weight is 361 g/mol. The molecular formula is C23H23NO3. The van der Waals surface area contributed by atoms with Crippen LogP contribution in [0.5, 0.6) is 11.5 Å². The molecule has 0 saturated carbocycles. The summed E-state index contributed by atoms with van der Waals surface area (Å²) in [5.41, 5.74) is 3.42. The van der Waals surface area contributed by atoms with Crippen LogP contribution in [0.1, 0.15) is 29.0 Å². The Labute approximate surface area is 159 Å². The van der Waals surface area contributed by atoms with Gasteiger partial charge in [0.1, 0.15) is 11.5 Å². The fraction of sp³-hybridized carbons (Fsp3) is 0.174. The number of rotatable bonds is 6. The molecule has 138 valence electrons. The number of methoxy groups -OCH3 is 1. The Morgan fingerprint density at radius 3 is 2.37 bits per heavy atom. The van der Waals surface area contributed by atoms with Gasteiger partial charge < -0.3 is 15.2 Å². The van der Waals surface area contributed by atoms with Crippen molar-refractivity contribution in [3.8, 4) is 11.5 Å². The second kappa shape index (κ2) is 8.41. The van der Waals surface area contributed by atoms with E-state index in [1.54, 1.807) is 37.4 Å². The van der Waals surface area contributed by atoms with E-state index in [0.717, 1.165) is 22.4 Å². The van der Waals surface area contributed by atoms with Crippen LogP contribution >= 0.6 is 0 Å². The maximum absolute atomic E-state index is 12.7. The number of carbonyl (C=O) groups is 1. The Balaban J connectivity index is 1.83. The molecule has 0 aromatic heterocycles. The highest BCUT2D eigenvalue weighted by Crippen LogP contribution is 2.34. The third-order valence-corrected chi connectivity index (χ3v) is 4.53. The number of carbonyl (C=O) groups excluding carboxylic acids is 1. The Morgan fingerprint density at radius 2 is 1.74 bits per heavy atom. The van der Waals surface area contributed by atoms with Crippen LogP contribution in [0.3, 0.4) is 0 Å². The van der Waals surface area contributed by atoms with Crippen LogP contribution in [-0.4, -0.2) is 18.1 Å². The predicted molar refractivity (Wildman–Crippen MR) is 107 cm³/mol. The number of amides is 1. The van der Waals surface area contributed by atoms with Crippen molar-refractivity contribution < 1.29 is 14.6 Å². The number of anilines is 1. The molecule has 0 saturated heterocycles. The first-order valence-corrected chi connectivity index (χ1v) is 8.85. The smallest absolute Gasteiger partial charge is 0.225 e. The summed E-state index contributed by atoms with van der Waals surface area (Å²) in [5, 5.41) is 13.4. The third kappa shape index (κ3) is 4.67. The topological polar surface area (TPSA) is 58.6 Å². The van der Waals surface area contributed by atoms with Gasteiger partial charge in [0, 0.05) is 23.6 Å². The molecule has 3 aromatic carbocycles. The summed E-state index contributed by atoms with van der Waals surface area (Å²) in [5.74, 6) is 0.597. The fourth-order valence-electron chi connectivity index (χ4n) is 3.11. The second-order valence-corrected chi connectivity index (χ2v) is 6.51. The standard InChI is InChI=1S/C23H23NO3/c1-16-8-13-20(22(25)14-16)21(17-6-4-3-5-7-17)15-23(26)24-18-9-11-19(27-2)12-10-18/h3-14,21,25H,15H2,1-2H3,(H,24,26)/t21-/m0/s1. The molecule has 0 fully saturated rings. The predicted octanol–water partition coefficient (Wildman–Crippen LogP) is 4.87. The molecule has 4 nitrogen and oxygen atoms in total. The molecule has 3 rings (SSSR count). The lowest BCUT2D eigenvalue weighted by atomic mass is 9.87. The third-order valence-electron chi connectivity index (χ3n) is 4.53. The lowest BCUT2D eigenvalue weighted by Gasteiger charge is -2.19. The van der Waals surface area contributed by atoms with E-state index >= 15 is 0 Å². The maximum Gasteiger partial charge on any atom is 0.225 e. The van der Waals surface area contributed by atoms with Crippen molar-refractivity contribution >= 4 is 11.6 Å². The van der Waals surface area contributed by atoms with Crippen LogP contribution in [0.25, 0.3) is 0 Å². The van der Waals surface area contributed by atoms with E-state index in [4.69, 9.17) is 4.74 Å². The Kier molecular flexibility index (Phi) is 5.77. The lowest BCUT2D eigenvalue weighted by molar-refractivity contribution is -0.116. The first kappa shape index (κ1) is 18.5. The average Bonchev–Trinajstić information content (AvgIpc) is 2.68. The van der Waals surface area contributed by atoms with Crippen molar-refractivity contribution in [1.29, 1.82) is 0 Å². The number of hydrogen-bond acceptors (Lipinski definition) is 3. The first-order chi connectivity index (χ1) is 13.1. The van der Waals surface area contributed by atoms with Gasteiger partial charge in [-0.15, -0.1) is 0 Å². The molecule has 2 N–H and O–H groups in total. The van der Waals surface area contributed by atoms with Crippen molar-refractivity contribution in [3.05, 3.63) is 89.5 Å². The molecule has 3 aromatic rings. The zero-order chi connectivity index (χ0) is 19.2. The van der Waals surface area contributed by atoms with Crippen molar-refractivity contribution in [1.82, 2.24) is 0 Å². The first-order valence-electron chi connectivity index (χ1n) is 8.85. The molecule has 0 aliphatic carbocycles. The zero-order valence-electron chi connectivity index (χ0n) is 15.5. The Morgan fingerprint density at radius 1 is 1.04 bits per heavy atom. The van der Waals surface area contributed by atoms with Crippen LogP contribution in [0.2, 0.25) is 0 Å². The van der Waals surface area contributed by atoms with Gasteiger partial charge in [-0.25, -0.2) is 0 Å². The van der Waals surface area contributed by atoms with E-state index < -0.39 is 0 Å².